The predicted molar refractivity (Wildman–Crippen MR) is 117 cm³/mol. The van der Waals surface area contributed by atoms with Gasteiger partial charge in [-0.25, -0.2) is 0 Å². The van der Waals surface area contributed by atoms with Crippen molar-refractivity contribution in [1.29, 1.82) is 5.26 Å². The van der Waals surface area contributed by atoms with Crippen LogP contribution >= 0.6 is 23.2 Å². The third-order valence-corrected chi connectivity index (χ3v) is 5.87. The van der Waals surface area contributed by atoms with Gasteiger partial charge in [-0.1, -0.05) is 48.5 Å². The van der Waals surface area contributed by atoms with Crippen LogP contribution < -0.4 is 10.1 Å². The Balaban J connectivity index is 1.95. The first-order valence-corrected chi connectivity index (χ1v) is 10.6. The van der Waals surface area contributed by atoms with Crippen LogP contribution in [0.4, 0.5) is 5.69 Å². The lowest BCUT2D eigenvalue weighted by Crippen LogP contribution is -2.42. The van der Waals surface area contributed by atoms with Crippen molar-refractivity contribution in [3.05, 3.63) is 57.6 Å². The summed E-state index contributed by atoms with van der Waals surface area (Å²) in [5.74, 6) is 0.457. The zero-order chi connectivity index (χ0) is 21.0. The van der Waals surface area contributed by atoms with Gasteiger partial charge in [-0.2, -0.15) is 5.26 Å². The Labute approximate surface area is 181 Å². The van der Waals surface area contributed by atoms with Gasteiger partial charge in [-0.05, 0) is 56.5 Å². The minimum absolute atomic E-state index is 0.000427. The number of carbonyl (C=O) groups is 1. The van der Waals surface area contributed by atoms with Gasteiger partial charge in [0.05, 0.1) is 22.8 Å². The Hall–Kier alpha value is -2.22. The van der Waals surface area contributed by atoms with Crippen molar-refractivity contribution in [2.75, 3.05) is 5.32 Å². The van der Waals surface area contributed by atoms with Crippen molar-refractivity contribution < 1.29 is 9.53 Å². The second kappa shape index (κ2) is 9.07. The summed E-state index contributed by atoms with van der Waals surface area (Å²) in [5.41, 5.74) is 0.895. The van der Waals surface area contributed by atoms with Gasteiger partial charge in [0, 0.05) is 16.1 Å². The van der Waals surface area contributed by atoms with E-state index in [1.54, 1.807) is 30.3 Å². The molecule has 0 bridgehead atoms. The molecule has 0 aromatic heterocycles. The molecule has 2 aromatic carbocycles. The SMILES string of the molecule is CC(C)Oc1ccc(NC(=O)C2(c3ccc(Cl)cc3Cl)CCCCC2)c(C#N)c1. The van der Waals surface area contributed by atoms with E-state index in [0.717, 1.165) is 24.8 Å². The third-order valence-electron chi connectivity index (χ3n) is 5.32. The van der Waals surface area contributed by atoms with Crippen LogP contribution in [0.2, 0.25) is 10.0 Å². The lowest BCUT2D eigenvalue weighted by molar-refractivity contribution is -0.122. The first kappa shape index (κ1) is 21.5. The fraction of sp³-hybridized carbons (Fsp3) is 0.391. The summed E-state index contributed by atoms with van der Waals surface area (Å²) in [7, 11) is 0. The fourth-order valence-electron chi connectivity index (χ4n) is 3.96. The average molecular weight is 431 g/mol. The molecule has 0 heterocycles. The Morgan fingerprint density at radius 2 is 1.86 bits per heavy atom. The van der Waals surface area contributed by atoms with E-state index in [4.69, 9.17) is 27.9 Å². The number of ether oxygens (including phenoxy) is 1. The summed E-state index contributed by atoms with van der Waals surface area (Å²) in [6.45, 7) is 3.84. The number of hydrogen-bond acceptors (Lipinski definition) is 3. The number of nitriles is 1. The van der Waals surface area contributed by atoms with Gasteiger partial charge in [0.15, 0.2) is 0 Å². The number of halogens is 2. The van der Waals surface area contributed by atoms with E-state index >= 15 is 0 Å². The van der Waals surface area contributed by atoms with Crippen LogP contribution in [-0.4, -0.2) is 12.0 Å². The minimum atomic E-state index is -0.736. The average Bonchev–Trinajstić information content (AvgIpc) is 2.69. The number of amides is 1. The Morgan fingerprint density at radius 3 is 2.48 bits per heavy atom. The molecule has 0 aliphatic heterocycles. The van der Waals surface area contributed by atoms with Gasteiger partial charge >= 0.3 is 0 Å². The zero-order valence-corrected chi connectivity index (χ0v) is 18.1. The van der Waals surface area contributed by atoms with Crippen LogP contribution in [0.3, 0.4) is 0 Å². The number of nitrogens with one attached hydrogen (secondary N) is 1. The quantitative estimate of drug-likeness (QED) is 0.588. The monoisotopic (exact) mass is 430 g/mol. The van der Waals surface area contributed by atoms with Crippen molar-refractivity contribution in [3.63, 3.8) is 0 Å². The van der Waals surface area contributed by atoms with E-state index in [9.17, 15) is 10.1 Å². The molecule has 1 N–H and O–H groups in total. The highest BCUT2D eigenvalue weighted by molar-refractivity contribution is 6.35. The van der Waals surface area contributed by atoms with Crippen molar-refractivity contribution in [2.24, 2.45) is 0 Å². The van der Waals surface area contributed by atoms with E-state index in [0.29, 0.717) is 39.9 Å². The van der Waals surface area contributed by atoms with Crippen LogP contribution in [0.25, 0.3) is 0 Å². The first-order chi connectivity index (χ1) is 13.9. The number of rotatable bonds is 5. The number of carbonyl (C=O) groups excluding carboxylic acids is 1. The molecule has 1 fully saturated rings. The predicted octanol–water partition coefficient (Wildman–Crippen LogP) is 6.49. The van der Waals surface area contributed by atoms with Crippen LogP contribution in [-0.2, 0) is 10.2 Å². The van der Waals surface area contributed by atoms with Crippen molar-refractivity contribution in [3.8, 4) is 11.8 Å². The van der Waals surface area contributed by atoms with Crippen molar-refractivity contribution in [2.45, 2.75) is 57.5 Å². The molecule has 29 heavy (non-hydrogen) atoms. The zero-order valence-electron chi connectivity index (χ0n) is 16.6. The summed E-state index contributed by atoms with van der Waals surface area (Å²) in [5, 5.41) is 13.6. The van der Waals surface area contributed by atoms with Gasteiger partial charge in [-0.15, -0.1) is 0 Å². The fourth-order valence-corrected chi connectivity index (χ4v) is 4.55. The highest BCUT2D eigenvalue weighted by atomic mass is 35.5. The standard InChI is InChI=1S/C23H24Cl2N2O2/c1-15(2)29-18-7-9-21(16(12-18)14-26)27-22(28)23(10-4-3-5-11-23)19-8-6-17(24)13-20(19)25/h6-9,12-13,15H,3-5,10-11H2,1-2H3,(H,27,28). The molecular weight excluding hydrogens is 407 g/mol. The molecule has 6 heteroatoms. The normalized spacial score (nSPS) is 15.6. The summed E-state index contributed by atoms with van der Waals surface area (Å²) >= 11 is 12.6. The van der Waals surface area contributed by atoms with Gasteiger partial charge in [-0.3, -0.25) is 4.79 Å². The van der Waals surface area contributed by atoms with Crippen LogP contribution in [0.1, 0.15) is 57.1 Å². The molecule has 1 aliphatic rings. The van der Waals surface area contributed by atoms with E-state index in [1.165, 1.54) is 0 Å². The van der Waals surface area contributed by atoms with Gasteiger partial charge < -0.3 is 10.1 Å². The molecular formula is C23H24Cl2N2O2. The second-order valence-corrected chi connectivity index (χ2v) is 8.55. The number of nitrogens with zero attached hydrogens (tertiary/aromatic N) is 1. The largest absolute Gasteiger partial charge is 0.491 e. The summed E-state index contributed by atoms with van der Waals surface area (Å²) in [6.07, 6.45) is 4.38. The summed E-state index contributed by atoms with van der Waals surface area (Å²) in [6, 6.07) is 12.6. The topological polar surface area (TPSA) is 62.1 Å². The van der Waals surface area contributed by atoms with Gasteiger partial charge in [0.25, 0.3) is 0 Å². The molecule has 0 radical (unpaired) electrons. The molecule has 0 unspecified atom stereocenters. The van der Waals surface area contributed by atoms with E-state index in [-0.39, 0.29) is 12.0 Å². The highest BCUT2D eigenvalue weighted by Crippen LogP contribution is 2.44. The number of benzene rings is 2. The summed E-state index contributed by atoms with van der Waals surface area (Å²) < 4.78 is 5.66. The minimum Gasteiger partial charge on any atom is -0.491 e. The van der Waals surface area contributed by atoms with Crippen molar-refractivity contribution >= 4 is 34.8 Å². The molecule has 4 nitrogen and oxygen atoms in total. The first-order valence-electron chi connectivity index (χ1n) is 9.83. The van der Waals surface area contributed by atoms with E-state index in [1.807, 2.05) is 19.9 Å². The van der Waals surface area contributed by atoms with Crippen LogP contribution in [0.15, 0.2) is 36.4 Å². The van der Waals surface area contributed by atoms with E-state index in [2.05, 4.69) is 11.4 Å². The molecule has 0 atom stereocenters. The number of anilines is 1. The van der Waals surface area contributed by atoms with E-state index < -0.39 is 5.41 Å². The molecule has 1 aliphatic carbocycles. The molecule has 2 aromatic rings. The van der Waals surface area contributed by atoms with Gasteiger partial charge in [0.1, 0.15) is 11.8 Å². The maximum absolute atomic E-state index is 13.5. The molecule has 0 spiro atoms. The Morgan fingerprint density at radius 1 is 1.14 bits per heavy atom. The maximum Gasteiger partial charge on any atom is 0.235 e. The lowest BCUT2D eigenvalue weighted by atomic mass is 9.68. The number of hydrogen-bond donors (Lipinski definition) is 1. The lowest BCUT2D eigenvalue weighted by Gasteiger charge is -2.37. The van der Waals surface area contributed by atoms with Crippen molar-refractivity contribution in [1.82, 2.24) is 0 Å². The van der Waals surface area contributed by atoms with Crippen LogP contribution in [0.5, 0.6) is 5.75 Å². The maximum atomic E-state index is 13.5. The smallest absolute Gasteiger partial charge is 0.235 e. The molecule has 1 saturated carbocycles. The van der Waals surface area contributed by atoms with Gasteiger partial charge in [0.2, 0.25) is 5.91 Å². The third kappa shape index (κ3) is 4.69. The summed E-state index contributed by atoms with van der Waals surface area (Å²) in [4.78, 5) is 13.5. The van der Waals surface area contributed by atoms with Crippen LogP contribution in [0, 0.1) is 11.3 Å². The Bertz CT molecular complexity index is 944. The Kier molecular flexibility index (Phi) is 6.72. The molecule has 152 valence electrons. The highest BCUT2D eigenvalue weighted by Gasteiger charge is 2.42. The second-order valence-electron chi connectivity index (χ2n) is 7.71. The molecule has 0 saturated heterocycles. The molecule has 3 rings (SSSR count). The molecule has 1 amide bonds.